The molecule has 0 radical (unpaired) electrons. The Bertz CT molecular complexity index is 504. The topological polar surface area (TPSA) is 24.4 Å². The summed E-state index contributed by atoms with van der Waals surface area (Å²) in [5, 5.41) is 3.62. The monoisotopic (exact) mass is 320 g/mol. The van der Waals surface area contributed by atoms with Gasteiger partial charge < -0.3 is 5.32 Å². The summed E-state index contributed by atoms with van der Waals surface area (Å²) < 4.78 is 0. The number of aliphatic imine (C=N–C) groups is 1. The number of amidine groups is 1. The van der Waals surface area contributed by atoms with E-state index in [0.29, 0.717) is 0 Å². The number of benzene rings is 1. The third-order valence-electron chi connectivity index (χ3n) is 4.88. The molecule has 1 aliphatic heterocycles. The molecule has 122 valence electrons. The zero-order valence-corrected chi connectivity index (χ0v) is 14.6. The lowest BCUT2D eigenvalue weighted by molar-refractivity contribution is 0.443. The van der Waals surface area contributed by atoms with Gasteiger partial charge in [-0.3, -0.25) is 4.99 Å². The summed E-state index contributed by atoms with van der Waals surface area (Å²) in [6, 6.07) is 7.15. The van der Waals surface area contributed by atoms with E-state index in [1.807, 2.05) is 0 Å². The highest BCUT2D eigenvalue weighted by Gasteiger charge is 2.18. The average Bonchev–Trinajstić information content (AvgIpc) is 2.74. The van der Waals surface area contributed by atoms with Gasteiger partial charge in [0.15, 0.2) is 0 Å². The fourth-order valence-electron chi connectivity index (χ4n) is 3.65. The summed E-state index contributed by atoms with van der Waals surface area (Å²) in [5.74, 6) is 1.97. The Kier molecular flexibility index (Phi) is 6.75. The van der Waals surface area contributed by atoms with Crippen molar-refractivity contribution in [3.8, 4) is 0 Å². The Morgan fingerprint density at radius 1 is 1.09 bits per heavy atom. The molecule has 2 aliphatic rings. The second-order valence-electron chi connectivity index (χ2n) is 6.56. The summed E-state index contributed by atoms with van der Waals surface area (Å²) in [6.07, 6.45) is 11.6. The standard InChI is InChI=1S/C19H28N2.ClH/c1-2-13-20-19-10-6-9-16-11-12-17(14-18(16)21-19)15-7-4-3-5-8-15;/h11-12,14-15H,2-10,13H2,1H3,(H,20,21);1H. The molecular formula is C19H29ClN2. The highest BCUT2D eigenvalue weighted by atomic mass is 35.5. The molecule has 0 aromatic heterocycles. The van der Waals surface area contributed by atoms with Crippen LogP contribution >= 0.6 is 12.4 Å². The number of nitrogens with zero attached hydrogens (tertiary/aromatic N) is 1. The van der Waals surface area contributed by atoms with E-state index in [1.54, 1.807) is 0 Å². The van der Waals surface area contributed by atoms with E-state index in [-0.39, 0.29) is 12.4 Å². The number of halogens is 1. The molecule has 0 unspecified atom stereocenters. The number of nitrogens with one attached hydrogen (secondary N) is 1. The molecule has 22 heavy (non-hydrogen) atoms. The van der Waals surface area contributed by atoms with Crippen LogP contribution in [0.4, 0.5) is 5.69 Å². The van der Waals surface area contributed by atoms with Crippen LogP contribution in [0.3, 0.4) is 0 Å². The lowest BCUT2D eigenvalue weighted by Crippen LogP contribution is -2.12. The maximum atomic E-state index is 4.71. The fourth-order valence-corrected chi connectivity index (χ4v) is 3.65. The van der Waals surface area contributed by atoms with Crippen LogP contribution < -0.4 is 5.32 Å². The molecule has 1 aromatic carbocycles. The van der Waals surface area contributed by atoms with Crippen molar-refractivity contribution in [3.63, 3.8) is 0 Å². The Labute approximate surface area is 141 Å². The highest BCUT2D eigenvalue weighted by molar-refractivity contribution is 5.96. The lowest BCUT2D eigenvalue weighted by Gasteiger charge is -2.23. The smallest absolute Gasteiger partial charge is 0.101 e. The van der Waals surface area contributed by atoms with E-state index in [2.05, 4.69) is 30.4 Å². The number of hydrogen-bond acceptors (Lipinski definition) is 1. The number of aryl methyl sites for hydroxylation is 1. The summed E-state index contributed by atoms with van der Waals surface area (Å²) in [6.45, 7) is 3.13. The van der Waals surface area contributed by atoms with Crippen molar-refractivity contribution in [2.75, 3.05) is 11.9 Å². The molecule has 1 saturated carbocycles. The number of fused-ring (bicyclic) bond motifs is 1. The SMILES string of the molecule is CCCN=C1CCCc2ccc(C3CCCCC3)cc2N1.Cl. The van der Waals surface area contributed by atoms with Gasteiger partial charge in [0.1, 0.15) is 5.84 Å². The van der Waals surface area contributed by atoms with Crippen molar-refractivity contribution < 1.29 is 0 Å². The molecule has 1 fully saturated rings. The Hall–Kier alpha value is -1.02. The molecule has 0 saturated heterocycles. The number of hydrogen-bond donors (Lipinski definition) is 1. The first-order valence-electron chi connectivity index (χ1n) is 8.80. The summed E-state index contributed by atoms with van der Waals surface area (Å²) in [7, 11) is 0. The van der Waals surface area contributed by atoms with Gasteiger partial charge in [-0.2, -0.15) is 0 Å². The minimum atomic E-state index is 0. The van der Waals surface area contributed by atoms with Crippen molar-refractivity contribution >= 4 is 23.9 Å². The maximum absolute atomic E-state index is 4.71. The largest absolute Gasteiger partial charge is 0.344 e. The quantitative estimate of drug-likeness (QED) is 0.757. The van der Waals surface area contributed by atoms with Crippen LogP contribution in [-0.4, -0.2) is 12.4 Å². The normalized spacial score (nSPS) is 20.7. The zero-order valence-electron chi connectivity index (χ0n) is 13.7. The van der Waals surface area contributed by atoms with E-state index in [0.717, 1.165) is 25.3 Å². The van der Waals surface area contributed by atoms with Crippen LogP contribution in [0.25, 0.3) is 0 Å². The minimum Gasteiger partial charge on any atom is -0.344 e. The Morgan fingerprint density at radius 2 is 1.91 bits per heavy atom. The second kappa shape index (κ2) is 8.57. The van der Waals surface area contributed by atoms with E-state index >= 15 is 0 Å². The van der Waals surface area contributed by atoms with Gasteiger partial charge in [-0.05, 0) is 55.2 Å². The van der Waals surface area contributed by atoms with Crippen molar-refractivity contribution in [1.29, 1.82) is 0 Å². The molecule has 3 heteroatoms. The van der Waals surface area contributed by atoms with Crippen LogP contribution in [0, 0.1) is 0 Å². The van der Waals surface area contributed by atoms with Gasteiger partial charge in [0.2, 0.25) is 0 Å². The van der Waals surface area contributed by atoms with Crippen molar-refractivity contribution in [2.45, 2.75) is 70.6 Å². The van der Waals surface area contributed by atoms with Gasteiger partial charge in [-0.1, -0.05) is 38.3 Å². The second-order valence-corrected chi connectivity index (χ2v) is 6.56. The first-order chi connectivity index (χ1) is 10.4. The molecule has 1 N–H and O–H groups in total. The first kappa shape index (κ1) is 17.3. The van der Waals surface area contributed by atoms with Crippen LogP contribution in [0.5, 0.6) is 0 Å². The molecule has 0 spiro atoms. The Morgan fingerprint density at radius 3 is 2.68 bits per heavy atom. The van der Waals surface area contributed by atoms with Gasteiger partial charge >= 0.3 is 0 Å². The fraction of sp³-hybridized carbons (Fsp3) is 0.632. The van der Waals surface area contributed by atoms with Gasteiger partial charge in [-0.25, -0.2) is 0 Å². The maximum Gasteiger partial charge on any atom is 0.101 e. The number of anilines is 1. The zero-order chi connectivity index (χ0) is 14.5. The molecule has 1 heterocycles. The molecule has 0 atom stereocenters. The number of rotatable bonds is 3. The van der Waals surface area contributed by atoms with E-state index in [1.165, 1.54) is 67.6 Å². The van der Waals surface area contributed by atoms with Gasteiger partial charge in [-0.15, -0.1) is 12.4 Å². The van der Waals surface area contributed by atoms with Crippen LogP contribution in [-0.2, 0) is 6.42 Å². The van der Waals surface area contributed by atoms with E-state index in [9.17, 15) is 0 Å². The van der Waals surface area contributed by atoms with Crippen LogP contribution in [0.2, 0.25) is 0 Å². The van der Waals surface area contributed by atoms with Gasteiger partial charge in [0.05, 0.1) is 0 Å². The lowest BCUT2D eigenvalue weighted by atomic mass is 9.83. The summed E-state index contributed by atoms with van der Waals surface area (Å²) in [5.41, 5.74) is 4.33. The van der Waals surface area contributed by atoms with E-state index < -0.39 is 0 Å². The molecule has 0 bridgehead atoms. The van der Waals surface area contributed by atoms with Crippen molar-refractivity contribution in [3.05, 3.63) is 29.3 Å². The predicted molar refractivity (Wildman–Crippen MR) is 98.7 cm³/mol. The van der Waals surface area contributed by atoms with Crippen molar-refractivity contribution in [1.82, 2.24) is 0 Å². The molecule has 2 nitrogen and oxygen atoms in total. The third-order valence-corrected chi connectivity index (χ3v) is 4.88. The van der Waals surface area contributed by atoms with Crippen molar-refractivity contribution in [2.24, 2.45) is 4.99 Å². The predicted octanol–water partition coefficient (Wildman–Crippen LogP) is 5.71. The van der Waals surface area contributed by atoms with Crippen LogP contribution in [0.1, 0.15) is 75.3 Å². The highest BCUT2D eigenvalue weighted by Crippen LogP contribution is 2.35. The first-order valence-corrected chi connectivity index (χ1v) is 8.80. The van der Waals surface area contributed by atoms with E-state index in [4.69, 9.17) is 4.99 Å². The van der Waals surface area contributed by atoms with Crippen LogP contribution in [0.15, 0.2) is 23.2 Å². The molecule has 1 aromatic rings. The van der Waals surface area contributed by atoms with Gasteiger partial charge in [0.25, 0.3) is 0 Å². The molecule has 3 rings (SSSR count). The van der Waals surface area contributed by atoms with Gasteiger partial charge in [0, 0.05) is 18.7 Å². The summed E-state index contributed by atoms with van der Waals surface area (Å²) in [4.78, 5) is 4.71. The average molecular weight is 321 g/mol. The summed E-state index contributed by atoms with van der Waals surface area (Å²) >= 11 is 0. The molecular weight excluding hydrogens is 292 g/mol. The Balaban J connectivity index is 0.00000176. The minimum absolute atomic E-state index is 0. The third kappa shape index (κ3) is 4.25. The molecule has 1 aliphatic carbocycles. The molecule has 0 amide bonds.